The van der Waals surface area contributed by atoms with E-state index in [2.05, 4.69) is 11.9 Å². The lowest BCUT2D eigenvalue weighted by atomic mass is 10.0. The molecule has 2 rings (SSSR count). The largest absolute Gasteiger partial charge is 0.348 e. The molecule has 0 radical (unpaired) electrons. The van der Waals surface area contributed by atoms with E-state index in [1.165, 1.54) is 6.08 Å². The van der Waals surface area contributed by atoms with Crippen LogP contribution in [0.2, 0.25) is 0 Å². The number of carbonyl (C=O) groups is 1. The van der Waals surface area contributed by atoms with Gasteiger partial charge in [0.1, 0.15) is 4.91 Å². The van der Waals surface area contributed by atoms with Crippen LogP contribution in [-0.4, -0.2) is 26.6 Å². The van der Waals surface area contributed by atoms with Crippen molar-refractivity contribution in [1.29, 1.82) is 0 Å². The second-order valence-corrected chi connectivity index (χ2v) is 6.69. The molecule has 1 aromatic rings. The van der Waals surface area contributed by atoms with Crippen molar-refractivity contribution in [3.63, 3.8) is 0 Å². The first-order valence-corrected chi connectivity index (χ1v) is 8.08. The van der Waals surface area contributed by atoms with Crippen LogP contribution in [0.5, 0.6) is 0 Å². The molecule has 1 aliphatic rings. The Balaban J connectivity index is 2.12. The molecule has 0 unspecified atom stereocenters. The summed E-state index contributed by atoms with van der Waals surface area (Å²) in [6.45, 7) is 3.99. The highest BCUT2D eigenvalue weighted by Crippen LogP contribution is 2.16. The molecule has 0 saturated heterocycles. The van der Waals surface area contributed by atoms with Gasteiger partial charge in [-0.15, -0.1) is 6.58 Å². The number of hydrogen-bond acceptors (Lipinski definition) is 3. The van der Waals surface area contributed by atoms with E-state index in [9.17, 15) is 13.2 Å². The molecule has 4 nitrogen and oxygen atoms in total. The predicted octanol–water partition coefficient (Wildman–Crippen LogP) is 1.39. The number of hydrogen-bond donors (Lipinski definition) is 1. The van der Waals surface area contributed by atoms with E-state index >= 15 is 0 Å². The van der Waals surface area contributed by atoms with Crippen LogP contribution in [0.1, 0.15) is 11.1 Å². The molecule has 0 saturated carbocycles. The Hall–Kier alpha value is -1.88. The van der Waals surface area contributed by atoms with Crippen LogP contribution >= 0.6 is 0 Å². The van der Waals surface area contributed by atoms with Crippen LogP contribution < -0.4 is 5.32 Å². The zero-order valence-electron chi connectivity index (χ0n) is 11.1. The summed E-state index contributed by atoms with van der Waals surface area (Å²) >= 11 is 0. The van der Waals surface area contributed by atoms with E-state index in [1.807, 2.05) is 24.3 Å². The molecule has 0 aliphatic carbocycles. The summed E-state index contributed by atoms with van der Waals surface area (Å²) < 4.78 is 24.3. The number of nitrogens with one attached hydrogen (secondary N) is 1. The summed E-state index contributed by atoms with van der Waals surface area (Å²) in [5.74, 6) is -0.551. The van der Waals surface area contributed by atoms with Crippen molar-refractivity contribution in [1.82, 2.24) is 5.32 Å². The van der Waals surface area contributed by atoms with Crippen LogP contribution in [0, 0.1) is 0 Å². The van der Waals surface area contributed by atoms with E-state index < -0.39 is 15.7 Å². The molecule has 1 aromatic carbocycles. The Morgan fingerprint density at radius 1 is 1.25 bits per heavy atom. The Labute approximate surface area is 119 Å². The minimum absolute atomic E-state index is 0.0551. The van der Waals surface area contributed by atoms with Crippen molar-refractivity contribution >= 4 is 15.7 Å². The lowest BCUT2D eigenvalue weighted by molar-refractivity contribution is -0.116. The predicted molar refractivity (Wildman–Crippen MR) is 78.9 cm³/mol. The number of rotatable bonds is 6. The lowest BCUT2D eigenvalue weighted by Crippen LogP contribution is -2.23. The van der Waals surface area contributed by atoms with E-state index in [1.54, 1.807) is 6.08 Å². The topological polar surface area (TPSA) is 63.2 Å². The summed E-state index contributed by atoms with van der Waals surface area (Å²) in [6.07, 6.45) is 4.34. The quantitative estimate of drug-likeness (QED) is 0.806. The van der Waals surface area contributed by atoms with Crippen molar-refractivity contribution in [2.45, 2.75) is 12.8 Å². The Morgan fingerprint density at radius 2 is 1.95 bits per heavy atom. The SMILES string of the molecule is C=CCc1ccccc1CCS(=O)(=O)C1=CCNC1=O. The number of allylic oxidation sites excluding steroid dienone is 1. The minimum atomic E-state index is -3.52. The second kappa shape index (κ2) is 6.05. The summed E-state index contributed by atoms with van der Waals surface area (Å²) in [7, 11) is -3.52. The van der Waals surface area contributed by atoms with Crippen molar-refractivity contribution < 1.29 is 13.2 Å². The van der Waals surface area contributed by atoms with Crippen LogP contribution in [-0.2, 0) is 27.5 Å². The number of carbonyl (C=O) groups excluding carboxylic acids is 1. The zero-order chi connectivity index (χ0) is 14.6. The molecule has 0 spiro atoms. The van der Waals surface area contributed by atoms with Crippen LogP contribution in [0.3, 0.4) is 0 Å². The lowest BCUT2D eigenvalue weighted by Gasteiger charge is -2.08. The van der Waals surface area contributed by atoms with Gasteiger partial charge >= 0.3 is 0 Å². The fourth-order valence-corrected chi connectivity index (χ4v) is 3.60. The first-order chi connectivity index (χ1) is 9.54. The first kappa shape index (κ1) is 14.5. The molecule has 0 aromatic heterocycles. The van der Waals surface area contributed by atoms with Gasteiger partial charge in [0.25, 0.3) is 5.91 Å². The highest BCUT2D eigenvalue weighted by atomic mass is 32.2. The van der Waals surface area contributed by atoms with Crippen LogP contribution in [0.25, 0.3) is 0 Å². The van der Waals surface area contributed by atoms with Gasteiger partial charge in [0.15, 0.2) is 9.84 Å². The molecule has 0 fully saturated rings. The van der Waals surface area contributed by atoms with E-state index in [0.29, 0.717) is 19.4 Å². The maximum Gasteiger partial charge on any atom is 0.262 e. The molecule has 1 heterocycles. The monoisotopic (exact) mass is 291 g/mol. The van der Waals surface area contributed by atoms with Gasteiger partial charge in [0.2, 0.25) is 0 Å². The number of sulfone groups is 1. The summed E-state index contributed by atoms with van der Waals surface area (Å²) in [6, 6.07) is 7.68. The average molecular weight is 291 g/mol. The van der Waals surface area contributed by atoms with Crippen LogP contribution in [0.15, 0.2) is 47.9 Å². The molecular formula is C15H17NO3S. The molecular weight excluding hydrogens is 274 g/mol. The molecule has 0 bridgehead atoms. The van der Waals surface area contributed by atoms with E-state index in [0.717, 1.165) is 11.1 Å². The van der Waals surface area contributed by atoms with Crippen LogP contribution in [0.4, 0.5) is 0 Å². The summed E-state index contributed by atoms with van der Waals surface area (Å²) in [5, 5.41) is 2.48. The fourth-order valence-electron chi connectivity index (χ4n) is 2.19. The fraction of sp³-hybridized carbons (Fsp3) is 0.267. The third-order valence-corrected chi connectivity index (χ3v) is 5.00. The maximum atomic E-state index is 12.1. The standard InChI is InChI=1S/C15H17NO3S/c1-2-5-12-6-3-4-7-13(12)9-11-20(18,19)14-8-10-16-15(14)17/h2-4,6-8H,1,5,9-11H2,(H,16,17). The average Bonchev–Trinajstić information content (AvgIpc) is 2.85. The van der Waals surface area contributed by atoms with Gasteiger partial charge in [-0.3, -0.25) is 4.79 Å². The van der Waals surface area contributed by atoms with E-state index in [-0.39, 0.29) is 10.7 Å². The molecule has 1 aliphatic heterocycles. The highest BCUT2D eigenvalue weighted by Gasteiger charge is 2.27. The van der Waals surface area contributed by atoms with Gasteiger partial charge in [-0.25, -0.2) is 8.42 Å². The third kappa shape index (κ3) is 3.17. The Bertz CT molecular complexity index is 659. The third-order valence-electron chi connectivity index (χ3n) is 3.23. The minimum Gasteiger partial charge on any atom is -0.348 e. The molecule has 106 valence electrons. The first-order valence-electron chi connectivity index (χ1n) is 6.43. The van der Waals surface area contributed by atoms with Crippen molar-refractivity contribution in [3.8, 4) is 0 Å². The zero-order valence-corrected chi connectivity index (χ0v) is 11.9. The molecule has 20 heavy (non-hydrogen) atoms. The van der Waals surface area contributed by atoms with E-state index in [4.69, 9.17) is 0 Å². The normalized spacial score (nSPS) is 14.8. The maximum absolute atomic E-state index is 12.1. The number of amides is 1. The van der Waals surface area contributed by atoms with Crippen molar-refractivity contribution in [2.75, 3.05) is 12.3 Å². The van der Waals surface area contributed by atoms with Gasteiger partial charge in [0.05, 0.1) is 5.75 Å². The summed E-state index contributed by atoms with van der Waals surface area (Å²) in [4.78, 5) is 11.3. The van der Waals surface area contributed by atoms with Gasteiger partial charge in [-0.1, -0.05) is 30.3 Å². The molecule has 1 N–H and O–H groups in total. The van der Waals surface area contributed by atoms with Gasteiger partial charge < -0.3 is 5.32 Å². The number of aryl methyl sites for hydroxylation is 1. The van der Waals surface area contributed by atoms with Crippen molar-refractivity contribution in [3.05, 3.63) is 59.0 Å². The number of benzene rings is 1. The Kier molecular flexibility index (Phi) is 4.39. The molecule has 1 amide bonds. The summed E-state index contributed by atoms with van der Waals surface area (Å²) in [5.41, 5.74) is 2.05. The van der Waals surface area contributed by atoms with Gasteiger partial charge in [-0.05, 0) is 30.0 Å². The van der Waals surface area contributed by atoms with Gasteiger partial charge in [0, 0.05) is 6.54 Å². The second-order valence-electron chi connectivity index (χ2n) is 4.61. The molecule has 5 heteroatoms. The molecule has 0 atom stereocenters. The van der Waals surface area contributed by atoms with Crippen molar-refractivity contribution in [2.24, 2.45) is 0 Å². The Morgan fingerprint density at radius 3 is 2.55 bits per heavy atom. The highest BCUT2D eigenvalue weighted by molar-refractivity contribution is 7.96. The van der Waals surface area contributed by atoms with Gasteiger partial charge in [-0.2, -0.15) is 0 Å². The smallest absolute Gasteiger partial charge is 0.262 e.